The molecule has 6 nitrogen and oxygen atoms in total. The van der Waals surface area contributed by atoms with Gasteiger partial charge in [-0.1, -0.05) is 35.9 Å². The monoisotopic (exact) mass is 313 g/mol. The van der Waals surface area contributed by atoms with Gasteiger partial charge >= 0.3 is 5.97 Å². The lowest BCUT2D eigenvalue weighted by molar-refractivity contribution is -0.385. The highest BCUT2D eigenvalue weighted by molar-refractivity contribution is 5.99. The SMILES string of the molecule is Cc1ccc(C(=O)COC(=O)c2cccc([N+](=O)[O-])c2C)cc1. The van der Waals surface area contributed by atoms with E-state index in [2.05, 4.69) is 0 Å². The summed E-state index contributed by atoms with van der Waals surface area (Å²) in [5.41, 5.74) is 1.59. The summed E-state index contributed by atoms with van der Waals surface area (Å²) >= 11 is 0. The lowest BCUT2D eigenvalue weighted by Crippen LogP contribution is -2.15. The first-order chi connectivity index (χ1) is 10.9. The van der Waals surface area contributed by atoms with Gasteiger partial charge < -0.3 is 4.74 Å². The van der Waals surface area contributed by atoms with Gasteiger partial charge in [-0.3, -0.25) is 14.9 Å². The fourth-order valence-electron chi connectivity index (χ4n) is 2.07. The molecule has 0 spiro atoms. The van der Waals surface area contributed by atoms with Crippen LogP contribution in [-0.4, -0.2) is 23.3 Å². The van der Waals surface area contributed by atoms with E-state index in [-0.39, 0.29) is 22.6 Å². The van der Waals surface area contributed by atoms with Gasteiger partial charge in [0.25, 0.3) is 5.69 Å². The summed E-state index contributed by atoms with van der Waals surface area (Å²) in [7, 11) is 0. The quantitative estimate of drug-likeness (QED) is 0.366. The minimum atomic E-state index is -0.758. The van der Waals surface area contributed by atoms with Crippen LogP contribution in [0.25, 0.3) is 0 Å². The highest BCUT2D eigenvalue weighted by atomic mass is 16.6. The molecule has 0 amide bonds. The van der Waals surface area contributed by atoms with Gasteiger partial charge in [-0.05, 0) is 19.9 Å². The fraction of sp³-hybridized carbons (Fsp3) is 0.176. The molecular formula is C17H15NO5. The molecule has 2 rings (SSSR count). The average Bonchev–Trinajstić information content (AvgIpc) is 2.53. The van der Waals surface area contributed by atoms with Crippen molar-refractivity contribution >= 4 is 17.4 Å². The molecule has 0 aliphatic rings. The highest BCUT2D eigenvalue weighted by Gasteiger charge is 2.19. The molecule has 0 fully saturated rings. The maximum absolute atomic E-state index is 12.0. The average molecular weight is 313 g/mol. The molecule has 0 bridgehead atoms. The van der Waals surface area contributed by atoms with Crippen LogP contribution in [0.2, 0.25) is 0 Å². The number of hydrogen-bond acceptors (Lipinski definition) is 5. The number of esters is 1. The molecule has 0 aliphatic heterocycles. The van der Waals surface area contributed by atoms with E-state index in [1.165, 1.54) is 25.1 Å². The molecule has 6 heteroatoms. The van der Waals surface area contributed by atoms with Gasteiger partial charge in [0.05, 0.1) is 10.5 Å². The second-order valence-corrected chi connectivity index (χ2v) is 5.07. The normalized spacial score (nSPS) is 10.2. The maximum Gasteiger partial charge on any atom is 0.339 e. The van der Waals surface area contributed by atoms with Crippen LogP contribution in [0.5, 0.6) is 0 Å². The maximum atomic E-state index is 12.0. The van der Waals surface area contributed by atoms with E-state index < -0.39 is 17.5 Å². The zero-order valence-corrected chi connectivity index (χ0v) is 12.7. The van der Waals surface area contributed by atoms with Crippen LogP contribution in [0, 0.1) is 24.0 Å². The Hall–Kier alpha value is -3.02. The molecule has 0 saturated carbocycles. The molecular weight excluding hydrogens is 298 g/mol. The van der Waals surface area contributed by atoms with E-state index in [4.69, 9.17) is 4.74 Å². The largest absolute Gasteiger partial charge is 0.454 e. The number of nitrogens with zero attached hydrogens (tertiary/aromatic N) is 1. The highest BCUT2D eigenvalue weighted by Crippen LogP contribution is 2.21. The van der Waals surface area contributed by atoms with Crippen LogP contribution in [-0.2, 0) is 4.74 Å². The molecule has 0 saturated heterocycles. The molecule has 0 heterocycles. The van der Waals surface area contributed by atoms with Crippen LogP contribution in [0.3, 0.4) is 0 Å². The Morgan fingerprint density at radius 1 is 1.09 bits per heavy atom. The number of ketones is 1. The summed E-state index contributed by atoms with van der Waals surface area (Å²) in [6.45, 7) is 2.96. The third kappa shape index (κ3) is 3.79. The summed E-state index contributed by atoms with van der Waals surface area (Å²) in [6.07, 6.45) is 0. The third-order valence-corrected chi connectivity index (χ3v) is 3.43. The lowest BCUT2D eigenvalue weighted by Gasteiger charge is -2.07. The fourth-order valence-corrected chi connectivity index (χ4v) is 2.07. The number of Topliss-reactive ketones (excluding diaryl/α,β-unsaturated/α-hetero) is 1. The molecule has 0 N–H and O–H groups in total. The number of hydrogen-bond donors (Lipinski definition) is 0. The molecule has 23 heavy (non-hydrogen) atoms. The number of aryl methyl sites for hydroxylation is 1. The summed E-state index contributed by atoms with van der Waals surface area (Å²) in [4.78, 5) is 34.3. The Bertz CT molecular complexity index is 765. The molecule has 0 atom stereocenters. The number of nitro groups is 1. The van der Waals surface area contributed by atoms with Crippen molar-refractivity contribution in [2.45, 2.75) is 13.8 Å². The zero-order chi connectivity index (χ0) is 17.0. The number of nitro benzene ring substituents is 1. The summed E-state index contributed by atoms with van der Waals surface area (Å²) in [5, 5.41) is 10.9. The van der Waals surface area contributed by atoms with E-state index in [0.717, 1.165) is 5.56 Å². The second-order valence-electron chi connectivity index (χ2n) is 5.07. The van der Waals surface area contributed by atoms with Crippen LogP contribution >= 0.6 is 0 Å². The van der Waals surface area contributed by atoms with Crippen molar-refractivity contribution in [1.29, 1.82) is 0 Å². The second kappa shape index (κ2) is 6.83. The van der Waals surface area contributed by atoms with Crippen molar-refractivity contribution in [3.05, 3.63) is 74.8 Å². The van der Waals surface area contributed by atoms with Crippen molar-refractivity contribution in [2.24, 2.45) is 0 Å². The first-order valence-electron chi connectivity index (χ1n) is 6.91. The topological polar surface area (TPSA) is 86.5 Å². The van der Waals surface area contributed by atoms with Crippen molar-refractivity contribution in [2.75, 3.05) is 6.61 Å². The van der Waals surface area contributed by atoms with Crippen molar-refractivity contribution in [3.8, 4) is 0 Å². The Morgan fingerprint density at radius 3 is 2.35 bits per heavy atom. The summed E-state index contributed by atoms with van der Waals surface area (Å²) in [5.74, 6) is -1.09. The number of ether oxygens (including phenoxy) is 1. The Labute approximate surface area is 132 Å². The van der Waals surface area contributed by atoms with Gasteiger partial charge in [0.1, 0.15) is 0 Å². The lowest BCUT2D eigenvalue weighted by atomic mass is 10.1. The van der Waals surface area contributed by atoms with Crippen molar-refractivity contribution < 1.29 is 19.2 Å². The summed E-state index contributed by atoms with van der Waals surface area (Å²) < 4.78 is 4.98. The van der Waals surface area contributed by atoms with Gasteiger partial charge in [-0.25, -0.2) is 4.79 Å². The smallest absolute Gasteiger partial charge is 0.339 e. The molecule has 0 unspecified atom stereocenters. The molecule has 2 aromatic rings. The van der Waals surface area contributed by atoms with Crippen LogP contribution < -0.4 is 0 Å². The number of benzene rings is 2. The van der Waals surface area contributed by atoms with Crippen LogP contribution in [0.4, 0.5) is 5.69 Å². The first-order valence-corrected chi connectivity index (χ1v) is 6.91. The van der Waals surface area contributed by atoms with Gasteiger partial charge in [0.2, 0.25) is 0 Å². The molecule has 118 valence electrons. The van der Waals surface area contributed by atoms with Crippen LogP contribution in [0.1, 0.15) is 31.8 Å². The van der Waals surface area contributed by atoms with Gasteiger partial charge in [-0.15, -0.1) is 0 Å². The molecule has 0 aromatic heterocycles. The Morgan fingerprint density at radius 2 is 1.74 bits per heavy atom. The molecule has 2 aromatic carbocycles. The number of carbonyl (C=O) groups excluding carboxylic acids is 2. The van der Waals surface area contributed by atoms with E-state index in [9.17, 15) is 19.7 Å². The van der Waals surface area contributed by atoms with Gasteiger partial charge in [0, 0.05) is 17.2 Å². The predicted octanol–water partition coefficient (Wildman–Crippen LogP) is 3.25. The van der Waals surface area contributed by atoms with Gasteiger partial charge in [0.15, 0.2) is 12.4 Å². The summed E-state index contributed by atoms with van der Waals surface area (Å²) in [6, 6.07) is 11.0. The van der Waals surface area contributed by atoms with E-state index in [0.29, 0.717) is 5.56 Å². The zero-order valence-electron chi connectivity index (χ0n) is 12.7. The van der Waals surface area contributed by atoms with E-state index >= 15 is 0 Å². The Kier molecular flexibility index (Phi) is 4.85. The van der Waals surface area contributed by atoms with E-state index in [1.54, 1.807) is 24.3 Å². The van der Waals surface area contributed by atoms with Crippen molar-refractivity contribution in [3.63, 3.8) is 0 Å². The number of carbonyl (C=O) groups is 2. The first kappa shape index (κ1) is 16.4. The van der Waals surface area contributed by atoms with Crippen LogP contribution in [0.15, 0.2) is 42.5 Å². The standard InChI is InChI=1S/C17H15NO5/c1-11-6-8-13(9-7-11)16(19)10-23-17(20)14-4-3-5-15(12(14)2)18(21)22/h3-9H,10H2,1-2H3. The third-order valence-electron chi connectivity index (χ3n) is 3.43. The molecule has 0 aliphatic carbocycles. The van der Waals surface area contributed by atoms with Gasteiger partial charge in [-0.2, -0.15) is 0 Å². The number of rotatable bonds is 5. The minimum Gasteiger partial charge on any atom is -0.454 e. The minimum absolute atomic E-state index is 0.0795. The predicted molar refractivity (Wildman–Crippen MR) is 83.6 cm³/mol. The van der Waals surface area contributed by atoms with E-state index in [1.807, 2.05) is 6.92 Å². The molecule has 0 radical (unpaired) electrons. The van der Waals surface area contributed by atoms with Crippen molar-refractivity contribution in [1.82, 2.24) is 0 Å². The Balaban J connectivity index is 2.08.